The third-order valence-corrected chi connectivity index (χ3v) is 3.98. The van der Waals surface area contributed by atoms with E-state index in [9.17, 15) is 19.2 Å². The van der Waals surface area contributed by atoms with Crippen molar-refractivity contribution in [3.63, 3.8) is 0 Å². The van der Waals surface area contributed by atoms with Gasteiger partial charge in [-0.1, -0.05) is 12.1 Å². The van der Waals surface area contributed by atoms with Gasteiger partial charge in [0.25, 0.3) is 11.5 Å². The summed E-state index contributed by atoms with van der Waals surface area (Å²) in [4.78, 5) is 55.2. The van der Waals surface area contributed by atoms with E-state index in [2.05, 4.69) is 20.6 Å². The lowest BCUT2D eigenvalue weighted by atomic mass is 10.1. The Hall–Kier alpha value is -3.23. The number of benzene rings is 1. The van der Waals surface area contributed by atoms with Gasteiger partial charge in [0.05, 0.1) is 17.4 Å². The number of H-pyrrole nitrogens is 1. The topological polar surface area (TPSA) is 124 Å². The van der Waals surface area contributed by atoms with E-state index >= 15 is 0 Å². The molecule has 1 aromatic heterocycles. The smallest absolute Gasteiger partial charge is 0.322 e. The van der Waals surface area contributed by atoms with Crippen LogP contribution in [-0.2, 0) is 16.1 Å². The molecule has 0 aliphatic carbocycles. The molecular weight excluding hydrogens is 326 g/mol. The number of urea groups is 1. The minimum atomic E-state index is -0.691. The highest BCUT2D eigenvalue weighted by Crippen LogP contribution is 2.09. The van der Waals surface area contributed by atoms with Gasteiger partial charge in [0, 0.05) is 13.5 Å². The molecular formula is C16H17N5O4. The van der Waals surface area contributed by atoms with Gasteiger partial charge in [0.1, 0.15) is 11.9 Å². The first-order valence-corrected chi connectivity index (χ1v) is 7.77. The van der Waals surface area contributed by atoms with Crippen LogP contribution in [0.15, 0.2) is 29.1 Å². The van der Waals surface area contributed by atoms with E-state index in [-0.39, 0.29) is 30.9 Å². The zero-order valence-corrected chi connectivity index (χ0v) is 13.5. The predicted octanol–water partition coefficient (Wildman–Crippen LogP) is -0.130. The number of nitrogens with one attached hydrogen (secondary N) is 3. The summed E-state index contributed by atoms with van der Waals surface area (Å²) < 4.78 is 0. The zero-order valence-electron chi connectivity index (χ0n) is 13.5. The first-order chi connectivity index (χ1) is 11.9. The maximum atomic E-state index is 12.2. The van der Waals surface area contributed by atoms with E-state index in [1.54, 1.807) is 31.3 Å². The predicted molar refractivity (Wildman–Crippen MR) is 88.5 cm³/mol. The molecule has 1 saturated heterocycles. The number of hydrogen-bond acceptors (Lipinski definition) is 5. The molecule has 2 heterocycles. The number of fused-ring (bicyclic) bond motifs is 1. The number of aromatic amines is 1. The van der Waals surface area contributed by atoms with Crippen LogP contribution in [-0.4, -0.2) is 45.8 Å². The number of imide groups is 1. The minimum absolute atomic E-state index is 0.0900. The van der Waals surface area contributed by atoms with Crippen molar-refractivity contribution in [2.45, 2.75) is 25.4 Å². The second kappa shape index (κ2) is 6.71. The number of amides is 4. The highest BCUT2D eigenvalue weighted by Gasteiger charge is 2.29. The Morgan fingerprint density at radius 1 is 1.24 bits per heavy atom. The van der Waals surface area contributed by atoms with Gasteiger partial charge in [-0.3, -0.25) is 19.7 Å². The number of carbonyl (C=O) groups is 3. The Kier molecular flexibility index (Phi) is 4.46. The maximum absolute atomic E-state index is 12.2. The average Bonchev–Trinajstić information content (AvgIpc) is 2.90. The summed E-state index contributed by atoms with van der Waals surface area (Å²) in [6.07, 6.45) is 0.301. The standard InChI is InChI=1S/C16H17N5O4/c1-21(13(22)7-6-11-15(24)20-16(25)18-11)8-12-17-10-5-3-2-4-9(10)14(23)19-12/h2-5,11H,6-8H2,1H3,(H,17,19,23)(H2,18,20,24,25)/t11-/m0/s1. The van der Waals surface area contributed by atoms with Crippen molar-refractivity contribution in [1.29, 1.82) is 0 Å². The molecule has 9 heteroatoms. The summed E-state index contributed by atoms with van der Waals surface area (Å²) in [5.74, 6) is -0.266. The molecule has 130 valence electrons. The number of para-hydroxylation sites is 1. The van der Waals surface area contributed by atoms with Crippen molar-refractivity contribution in [3.8, 4) is 0 Å². The summed E-state index contributed by atoms with van der Waals surface area (Å²) in [5.41, 5.74) is 0.305. The molecule has 0 unspecified atom stereocenters. The first-order valence-electron chi connectivity index (χ1n) is 7.77. The molecule has 9 nitrogen and oxygen atoms in total. The number of rotatable bonds is 5. The highest BCUT2D eigenvalue weighted by molar-refractivity contribution is 6.04. The molecule has 1 aliphatic rings. The fourth-order valence-corrected chi connectivity index (χ4v) is 2.64. The quantitative estimate of drug-likeness (QED) is 0.652. The molecule has 0 spiro atoms. The monoisotopic (exact) mass is 343 g/mol. The third-order valence-electron chi connectivity index (χ3n) is 3.98. The molecule has 0 bridgehead atoms. The van der Waals surface area contributed by atoms with E-state index < -0.39 is 18.0 Å². The van der Waals surface area contributed by atoms with Gasteiger partial charge in [-0.15, -0.1) is 0 Å². The van der Waals surface area contributed by atoms with E-state index in [4.69, 9.17) is 0 Å². The Morgan fingerprint density at radius 2 is 2.00 bits per heavy atom. The molecule has 3 N–H and O–H groups in total. The second-order valence-electron chi connectivity index (χ2n) is 5.83. The molecule has 2 aromatic rings. The average molecular weight is 343 g/mol. The van der Waals surface area contributed by atoms with Crippen LogP contribution in [0.2, 0.25) is 0 Å². The second-order valence-corrected chi connectivity index (χ2v) is 5.83. The summed E-state index contributed by atoms with van der Waals surface area (Å²) in [6.45, 7) is 0.141. The Labute approximate surface area is 142 Å². The van der Waals surface area contributed by atoms with Gasteiger partial charge >= 0.3 is 6.03 Å². The lowest BCUT2D eigenvalue weighted by Crippen LogP contribution is -2.33. The lowest BCUT2D eigenvalue weighted by molar-refractivity contribution is -0.130. The van der Waals surface area contributed by atoms with Crippen molar-refractivity contribution >= 4 is 28.7 Å². The number of hydrogen-bond donors (Lipinski definition) is 3. The Balaban J connectivity index is 1.62. The normalized spacial score (nSPS) is 16.6. The van der Waals surface area contributed by atoms with Gasteiger partial charge in [-0.2, -0.15) is 0 Å². The van der Waals surface area contributed by atoms with Crippen molar-refractivity contribution in [3.05, 3.63) is 40.4 Å². The van der Waals surface area contributed by atoms with Crippen molar-refractivity contribution in [2.24, 2.45) is 0 Å². The molecule has 0 saturated carbocycles. The van der Waals surface area contributed by atoms with Gasteiger partial charge < -0.3 is 15.2 Å². The summed E-state index contributed by atoms with van der Waals surface area (Å²) in [6, 6.07) is 5.72. The van der Waals surface area contributed by atoms with E-state index in [0.29, 0.717) is 16.7 Å². The van der Waals surface area contributed by atoms with Gasteiger partial charge in [-0.25, -0.2) is 9.78 Å². The molecule has 1 aromatic carbocycles. The Bertz CT molecular complexity index is 907. The van der Waals surface area contributed by atoms with Crippen molar-refractivity contribution in [1.82, 2.24) is 25.5 Å². The largest absolute Gasteiger partial charge is 0.338 e. The van der Waals surface area contributed by atoms with E-state index in [1.807, 2.05) is 0 Å². The van der Waals surface area contributed by atoms with Crippen LogP contribution in [0.1, 0.15) is 18.7 Å². The molecule has 1 fully saturated rings. The molecule has 4 amide bonds. The van der Waals surface area contributed by atoms with Gasteiger partial charge in [-0.05, 0) is 18.6 Å². The molecule has 0 radical (unpaired) electrons. The van der Waals surface area contributed by atoms with Crippen LogP contribution in [0.5, 0.6) is 0 Å². The summed E-state index contributed by atoms with van der Waals surface area (Å²) in [5, 5.41) is 5.05. The SMILES string of the molecule is CN(Cc1nc2ccccc2c(=O)[nH]1)C(=O)CC[C@@H]1NC(=O)NC1=O. The first kappa shape index (κ1) is 16.6. The van der Waals surface area contributed by atoms with Crippen LogP contribution in [0, 0.1) is 0 Å². The maximum Gasteiger partial charge on any atom is 0.322 e. The summed E-state index contributed by atoms with van der Waals surface area (Å²) >= 11 is 0. The van der Waals surface area contributed by atoms with Crippen LogP contribution >= 0.6 is 0 Å². The zero-order chi connectivity index (χ0) is 18.0. The Morgan fingerprint density at radius 3 is 2.72 bits per heavy atom. The third kappa shape index (κ3) is 3.65. The van der Waals surface area contributed by atoms with Crippen LogP contribution in [0.4, 0.5) is 4.79 Å². The fourth-order valence-electron chi connectivity index (χ4n) is 2.64. The molecule has 1 aliphatic heterocycles. The molecule has 25 heavy (non-hydrogen) atoms. The van der Waals surface area contributed by atoms with E-state index in [0.717, 1.165) is 0 Å². The van der Waals surface area contributed by atoms with Gasteiger partial charge in [0.2, 0.25) is 5.91 Å². The van der Waals surface area contributed by atoms with Crippen LogP contribution in [0.3, 0.4) is 0 Å². The fraction of sp³-hybridized carbons (Fsp3) is 0.312. The van der Waals surface area contributed by atoms with Crippen molar-refractivity contribution in [2.75, 3.05) is 7.05 Å². The van der Waals surface area contributed by atoms with E-state index in [1.165, 1.54) is 4.90 Å². The molecule has 1 atom stereocenters. The lowest BCUT2D eigenvalue weighted by Gasteiger charge is -2.17. The van der Waals surface area contributed by atoms with Crippen LogP contribution < -0.4 is 16.2 Å². The number of nitrogens with zero attached hydrogens (tertiary/aromatic N) is 2. The minimum Gasteiger partial charge on any atom is -0.338 e. The number of carbonyl (C=O) groups excluding carboxylic acids is 3. The highest BCUT2D eigenvalue weighted by atomic mass is 16.2. The van der Waals surface area contributed by atoms with Crippen molar-refractivity contribution < 1.29 is 14.4 Å². The van der Waals surface area contributed by atoms with Gasteiger partial charge in [0.15, 0.2) is 0 Å². The number of aromatic nitrogens is 2. The molecule has 3 rings (SSSR count). The summed E-state index contributed by atoms with van der Waals surface area (Å²) in [7, 11) is 1.59. The van der Waals surface area contributed by atoms with Crippen LogP contribution in [0.25, 0.3) is 10.9 Å².